The number of carbonyl (C=O) groups is 3. The van der Waals surface area contributed by atoms with E-state index in [1.165, 1.54) is 13.3 Å². The van der Waals surface area contributed by atoms with Crippen LogP contribution in [0, 0.1) is 20.8 Å². The minimum atomic E-state index is -0.910. The molecular weight excluding hydrogens is 434 g/mol. The maximum absolute atomic E-state index is 12.4. The summed E-state index contributed by atoms with van der Waals surface area (Å²) in [5.41, 5.74) is 6.56. The second-order valence-electron chi connectivity index (χ2n) is 7.64. The zero-order valence-electron chi connectivity index (χ0n) is 19.3. The fourth-order valence-corrected chi connectivity index (χ4v) is 3.13. The van der Waals surface area contributed by atoms with Gasteiger partial charge in [0.2, 0.25) is 0 Å². The van der Waals surface area contributed by atoms with Crippen LogP contribution in [-0.2, 0) is 9.59 Å². The normalized spacial score (nSPS) is 10.6. The first-order valence-electron chi connectivity index (χ1n) is 10.5. The van der Waals surface area contributed by atoms with Crippen molar-refractivity contribution < 1.29 is 23.9 Å². The average molecular weight is 460 g/mol. The van der Waals surface area contributed by atoms with E-state index >= 15 is 0 Å². The summed E-state index contributed by atoms with van der Waals surface area (Å²) >= 11 is 0. The van der Waals surface area contributed by atoms with E-state index in [0.29, 0.717) is 22.6 Å². The largest absolute Gasteiger partial charge is 0.493 e. The third-order valence-electron chi connectivity index (χ3n) is 4.86. The smallest absolute Gasteiger partial charge is 0.343 e. The Hall–Kier alpha value is -4.46. The number of methoxy groups -OCH3 is 1. The Morgan fingerprint density at radius 3 is 2.32 bits per heavy atom. The molecule has 3 rings (SSSR count). The fraction of sp³-hybridized carbons (Fsp3) is 0.154. The van der Waals surface area contributed by atoms with Crippen molar-refractivity contribution in [1.29, 1.82) is 0 Å². The molecule has 0 radical (unpaired) electrons. The number of hydrogen-bond donors (Lipinski definition) is 2. The average Bonchev–Trinajstić information content (AvgIpc) is 2.81. The summed E-state index contributed by atoms with van der Waals surface area (Å²) in [6.07, 6.45) is 1.34. The second kappa shape index (κ2) is 10.9. The summed E-state index contributed by atoms with van der Waals surface area (Å²) in [6, 6.07) is 17.3. The van der Waals surface area contributed by atoms with Gasteiger partial charge < -0.3 is 14.8 Å². The Morgan fingerprint density at radius 2 is 1.62 bits per heavy atom. The number of esters is 1. The van der Waals surface area contributed by atoms with Crippen LogP contribution >= 0.6 is 0 Å². The summed E-state index contributed by atoms with van der Waals surface area (Å²) in [7, 11) is 1.44. The Labute approximate surface area is 197 Å². The van der Waals surface area contributed by atoms with E-state index in [9.17, 15) is 14.4 Å². The van der Waals surface area contributed by atoms with Crippen molar-refractivity contribution in [2.24, 2.45) is 5.10 Å². The number of ether oxygens (including phenoxy) is 2. The van der Waals surface area contributed by atoms with Crippen LogP contribution in [0.25, 0.3) is 0 Å². The van der Waals surface area contributed by atoms with Crippen molar-refractivity contribution in [3.05, 3.63) is 88.5 Å². The Balaban J connectivity index is 1.61. The number of benzene rings is 3. The van der Waals surface area contributed by atoms with Gasteiger partial charge in [-0.2, -0.15) is 5.10 Å². The second-order valence-corrected chi connectivity index (χ2v) is 7.64. The number of amides is 2. The number of rotatable bonds is 6. The summed E-state index contributed by atoms with van der Waals surface area (Å²) in [6.45, 7) is 5.67. The lowest BCUT2D eigenvalue weighted by Crippen LogP contribution is -2.32. The maximum Gasteiger partial charge on any atom is 0.343 e. The van der Waals surface area contributed by atoms with Crippen LogP contribution in [0.2, 0.25) is 0 Å². The van der Waals surface area contributed by atoms with E-state index in [1.54, 1.807) is 42.5 Å². The molecule has 3 aromatic rings. The first-order chi connectivity index (χ1) is 16.3. The lowest BCUT2D eigenvalue weighted by molar-refractivity contribution is -0.136. The van der Waals surface area contributed by atoms with Crippen molar-refractivity contribution in [1.82, 2.24) is 5.43 Å². The zero-order chi connectivity index (χ0) is 24.7. The molecule has 8 heteroatoms. The molecule has 0 aliphatic carbocycles. The third kappa shape index (κ3) is 6.29. The van der Waals surface area contributed by atoms with Crippen LogP contribution in [0.15, 0.2) is 65.8 Å². The van der Waals surface area contributed by atoms with Crippen LogP contribution in [-0.4, -0.2) is 31.1 Å². The van der Waals surface area contributed by atoms with Gasteiger partial charge in [0.05, 0.1) is 18.9 Å². The van der Waals surface area contributed by atoms with Crippen LogP contribution in [0.1, 0.15) is 32.6 Å². The van der Waals surface area contributed by atoms with E-state index in [4.69, 9.17) is 9.47 Å². The highest BCUT2D eigenvalue weighted by molar-refractivity contribution is 6.39. The molecule has 0 aliphatic heterocycles. The number of hydrazone groups is 1. The van der Waals surface area contributed by atoms with Crippen molar-refractivity contribution in [2.45, 2.75) is 20.8 Å². The van der Waals surface area contributed by atoms with Crippen molar-refractivity contribution in [3.63, 3.8) is 0 Å². The highest BCUT2D eigenvalue weighted by Gasteiger charge is 2.15. The Morgan fingerprint density at radius 1 is 0.853 bits per heavy atom. The molecule has 0 saturated carbocycles. The van der Waals surface area contributed by atoms with E-state index < -0.39 is 17.8 Å². The lowest BCUT2D eigenvalue weighted by Gasteiger charge is -2.10. The number of hydrogen-bond acceptors (Lipinski definition) is 6. The summed E-state index contributed by atoms with van der Waals surface area (Å²) in [4.78, 5) is 36.6. The van der Waals surface area contributed by atoms with E-state index in [1.807, 2.05) is 39.0 Å². The monoisotopic (exact) mass is 459 g/mol. The van der Waals surface area contributed by atoms with Gasteiger partial charge >= 0.3 is 17.8 Å². The van der Waals surface area contributed by atoms with Gasteiger partial charge in [0.25, 0.3) is 0 Å². The van der Waals surface area contributed by atoms with Gasteiger partial charge in [-0.3, -0.25) is 9.59 Å². The van der Waals surface area contributed by atoms with Crippen LogP contribution in [0.3, 0.4) is 0 Å². The molecular formula is C26H25N3O5. The summed E-state index contributed by atoms with van der Waals surface area (Å²) < 4.78 is 10.8. The molecule has 0 atom stereocenters. The van der Waals surface area contributed by atoms with Gasteiger partial charge in [0.1, 0.15) is 0 Å². The quantitative estimate of drug-likeness (QED) is 0.191. The number of anilines is 1. The Bertz CT molecular complexity index is 1270. The van der Waals surface area contributed by atoms with E-state index in [2.05, 4.69) is 15.8 Å². The predicted octanol–water partition coefficient (Wildman–Crippen LogP) is 3.93. The molecule has 0 spiro atoms. The molecule has 2 N–H and O–H groups in total. The third-order valence-corrected chi connectivity index (χ3v) is 4.86. The molecule has 0 aromatic heterocycles. The van der Waals surface area contributed by atoms with Gasteiger partial charge in [-0.25, -0.2) is 10.2 Å². The molecule has 0 fully saturated rings. The SMILES string of the molecule is COc1cc(/C=N/NC(=O)C(=O)Nc2ccc(C)cc2C)ccc1OC(=O)c1cccc(C)c1. The van der Waals surface area contributed by atoms with E-state index in [0.717, 1.165) is 16.7 Å². The minimum absolute atomic E-state index is 0.239. The molecule has 0 aliphatic rings. The highest BCUT2D eigenvalue weighted by atomic mass is 16.6. The molecule has 2 amide bonds. The molecule has 0 heterocycles. The summed E-state index contributed by atoms with van der Waals surface area (Å²) in [5, 5.41) is 6.37. The fourth-order valence-electron chi connectivity index (χ4n) is 3.13. The lowest BCUT2D eigenvalue weighted by atomic mass is 10.1. The molecule has 0 unspecified atom stereocenters. The standard InChI is InChI=1S/C26H25N3O5/c1-16-6-5-7-20(13-16)26(32)34-22-11-9-19(14-23(22)33-4)15-27-29-25(31)24(30)28-21-10-8-17(2)12-18(21)3/h5-15H,1-4H3,(H,28,30)(H,29,31)/b27-15+. The van der Waals surface area contributed by atoms with Crippen molar-refractivity contribution in [3.8, 4) is 11.5 Å². The first-order valence-corrected chi connectivity index (χ1v) is 10.5. The topological polar surface area (TPSA) is 106 Å². The van der Waals surface area contributed by atoms with Crippen molar-refractivity contribution in [2.75, 3.05) is 12.4 Å². The van der Waals surface area contributed by atoms with Gasteiger partial charge in [0.15, 0.2) is 11.5 Å². The molecule has 174 valence electrons. The van der Waals surface area contributed by atoms with Gasteiger partial charge in [-0.1, -0.05) is 35.4 Å². The van der Waals surface area contributed by atoms with Gasteiger partial charge in [0, 0.05) is 5.69 Å². The predicted molar refractivity (Wildman–Crippen MR) is 129 cm³/mol. The zero-order valence-corrected chi connectivity index (χ0v) is 19.3. The van der Waals surface area contributed by atoms with E-state index in [-0.39, 0.29) is 5.75 Å². The van der Waals surface area contributed by atoms with Crippen LogP contribution < -0.4 is 20.2 Å². The molecule has 0 saturated heterocycles. The summed E-state index contributed by atoms with van der Waals surface area (Å²) in [5.74, 6) is -1.70. The molecule has 3 aromatic carbocycles. The van der Waals surface area contributed by atoms with Gasteiger partial charge in [-0.15, -0.1) is 0 Å². The molecule has 8 nitrogen and oxygen atoms in total. The molecule has 34 heavy (non-hydrogen) atoms. The van der Waals surface area contributed by atoms with Crippen LogP contribution in [0.4, 0.5) is 5.69 Å². The minimum Gasteiger partial charge on any atom is -0.493 e. The number of aryl methyl sites for hydroxylation is 3. The first kappa shape index (κ1) is 24.2. The van der Waals surface area contributed by atoms with Crippen LogP contribution in [0.5, 0.6) is 11.5 Å². The molecule has 0 bridgehead atoms. The van der Waals surface area contributed by atoms with Gasteiger partial charge in [-0.05, 0) is 68.3 Å². The Kier molecular flexibility index (Phi) is 7.76. The highest BCUT2D eigenvalue weighted by Crippen LogP contribution is 2.28. The number of nitrogens with zero attached hydrogens (tertiary/aromatic N) is 1. The maximum atomic E-state index is 12.4. The number of carbonyl (C=O) groups excluding carboxylic acids is 3. The number of nitrogens with one attached hydrogen (secondary N) is 2. The van der Waals surface area contributed by atoms with Crippen molar-refractivity contribution >= 4 is 29.7 Å².